The molecule has 1 unspecified atom stereocenters. The Morgan fingerprint density at radius 1 is 1.06 bits per heavy atom. The van der Waals surface area contributed by atoms with Crippen LogP contribution in [0.4, 0.5) is 5.00 Å². The molecule has 4 N–H and O–H groups in total. The van der Waals surface area contributed by atoms with Crippen LogP contribution in [0.15, 0.2) is 11.8 Å². The highest BCUT2D eigenvalue weighted by molar-refractivity contribution is 7.11. The first-order valence-corrected chi connectivity index (χ1v) is 13.2. The van der Waals surface area contributed by atoms with Crippen LogP contribution in [0.3, 0.4) is 0 Å². The summed E-state index contributed by atoms with van der Waals surface area (Å²) in [5.41, 5.74) is 0.613. The van der Waals surface area contributed by atoms with Crippen molar-refractivity contribution in [2.45, 2.75) is 25.3 Å². The van der Waals surface area contributed by atoms with Gasteiger partial charge in [0.15, 0.2) is 5.69 Å². The van der Waals surface area contributed by atoms with Crippen molar-refractivity contribution in [3.05, 3.63) is 22.5 Å². The highest BCUT2D eigenvalue weighted by Gasteiger charge is 2.28. The second kappa shape index (κ2) is 15.0. The molecule has 202 valence electrons. The molecule has 2 heterocycles. The number of aromatic nitrogens is 1. The molecule has 0 radical (unpaired) electrons. The number of amides is 3. The van der Waals surface area contributed by atoms with E-state index in [-0.39, 0.29) is 42.4 Å². The summed E-state index contributed by atoms with van der Waals surface area (Å²) in [4.78, 5) is 43.2. The minimum Gasteiger partial charge on any atom is -0.374 e. The summed E-state index contributed by atoms with van der Waals surface area (Å²) >= 11 is 7.53. The van der Waals surface area contributed by atoms with Gasteiger partial charge in [-0.05, 0) is 71.7 Å². The van der Waals surface area contributed by atoms with Gasteiger partial charge in [-0.2, -0.15) is 4.37 Å². The number of anilines is 1. The Morgan fingerprint density at radius 2 is 1.72 bits per heavy atom. The predicted molar refractivity (Wildman–Crippen MR) is 145 cm³/mol. The van der Waals surface area contributed by atoms with Crippen molar-refractivity contribution in [2.24, 2.45) is 0 Å². The van der Waals surface area contributed by atoms with E-state index in [1.165, 1.54) is 0 Å². The molecular formula is C23H39ClN8O3S. The van der Waals surface area contributed by atoms with Crippen LogP contribution in [-0.2, 0) is 9.59 Å². The summed E-state index contributed by atoms with van der Waals surface area (Å²) in [6.07, 6.45) is 3.72. The van der Waals surface area contributed by atoms with Gasteiger partial charge in [0.25, 0.3) is 11.8 Å². The van der Waals surface area contributed by atoms with E-state index in [0.29, 0.717) is 28.8 Å². The summed E-state index contributed by atoms with van der Waals surface area (Å²) < 4.78 is 4.21. The summed E-state index contributed by atoms with van der Waals surface area (Å²) in [7, 11) is 9.78. The highest BCUT2D eigenvalue weighted by Crippen LogP contribution is 2.30. The topological polar surface area (TPSA) is 122 Å². The number of hydrogen-bond acceptors (Lipinski definition) is 9. The second-order valence-corrected chi connectivity index (χ2v) is 10.4. The molecule has 0 fully saturated rings. The number of nitrogens with zero attached hydrogens (tertiary/aromatic N) is 4. The number of carbonyl (C=O) groups excluding carboxylic acids is 3. The fraction of sp³-hybridized carbons (Fsp3) is 0.652. The Bertz CT molecular complexity index is 921. The average Bonchev–Trinajstić information content (AvgIpc) is 3.35. The third-order valence-corrected chi connectivity index (χ3v) is 6.74. The molecule has 1 aliphatic rings. The van der Waals surface area contributed by atoms with Gasteiger partial charge in [-0.25, -0.2) is 0 Å². The van der Waals surface area contributed by atoms with Gasteiger partial charge in [0, 0.05) is 39.6 Å². The lowest BCUT2D eigenvalue weighted by Gasteiger charge is -2.17. The minimum absolute atomic E-state index is 0.0975. The Morgan fingerprint density at radius 3 is 2.39 bits per heavy atom. The largest absolute Gasteiger partial charge is 0.374 e. The summed E-state index contributed by atoms with van der Waals surface area (Å²) in [5, 5.41) is 12.7. The van der Waals surface area contributed by atoms with Gasteiger partial charge in [0.1, 0.15) is 15.7 Å². The maximum atomic E-state index is 12.7. The third kappa shape index (κ3) is 9.92. The Balaban J connectivity index is 1.78. The monoisotopic (exact) mass is 542 g/mol. The van der Waals surface area contributed by atoms with E-state index in [1.807, 2.05) is 28.2 Å². The van der Waals surface area contributed by atoms with E-state index in [2.05, 4.69) is 35.4 Å². The zero-order valence-electron chi connectivity index (χ0n) is 21.8. The van der Waals surface area contributed by atoms with Gasteiger partial charge in [0.05, 0.1) is 6.04 Å². The predicted octanol–water partition coefficient (Wildman–Crippen LogP) is 0.662. The summed E-state index contributed by atoms with van der Waals surface area (Å²) in [6.45, 7) is 3.86. The Hall–Kier alpha value is -2.41. The highest BCUT2D eigenvalue weighted by atomic mass is 35.5. The molecule has 1 aliphatic heterocycles. The molecular weight excluding hydrogens is 504 g/mol. The molecule has 1 aromatic rings. The van der Waals surface area contributed by atoms with Crippen LogP contribution in [0.25, 0.3) is 0 Å². The minimum atomic E-state index is -0.389. The van der Waals surface area contributed by atoms with E-state index in [0.717, 1.165) is 44.0 Å². The van der Waals surface area contributed by atoms with Gasteiger partial charge < -0.3 is 36.0 Å². The molecule has 0 saturated heterocycles. The van der Waals surface area contributed by atoms with Crippen LogP contribution in [0.2, 0.25) is 5.02 Å². The molecule has 0 aromatic carbocycles. The fourth-order valence-electron chi connectivity index (χ4n) is 3.56. The van der Waals surface area contributed by atoms with Crippen molar-refractivity contribution in [3.8, 4) is 0 Å². The first kappa shape index (κ1) is 29.8. The van der Waals surface area contributed by atoms with Crippen LogP contribution < -0.4 is 21.3 Å². The van der Waals surface area contributed by atoms with Gasteiger partial charge in [0.2, 0.25) is 5.91 Å². The zero-order chi connectivity index (χ0) is 26.7. The number of carbonyl (C=O) groups is 3. The molecule has 2 rings (SSSR count). The van der Waals surface area contributed by atoms with Crippen LogP contribution in [0, 0.1) is 0 Å². The van der Waals surface area contributed by atoms with Crippen molar-refractivity contribution in [3.63, 3.8) is 0 Å². The van der Waals surface area contributed by atoms with E-state index in [1.54, 1.807) is 18.0 Å². The number of nitrogens with one attached hydrogen (secondary N) is 4. The summed E-state index contributed by atoms with van der Waals surface area (Å²) in [6, 6.07) is -0.363. The standard InChI is InChI=1S/C23H39ClN8O3S/c1-30(2)12-6-9-25-18(33)8-11-26-21(34)17-14-16(15-32(17)5)28-22(35)20-19(24)23(36-29-20)27-10-7-13-31(3)4/h14,16,27H,6-13,15H2,1-5H3,(H,25,33)(H,26,34)(H,28,35). The van der Waals surface area contributed by atoms with Crippen LogP contribution in [0.5, 0.6) is 0 Å². The Kier molecular flexibility index (Phi) is 12.4. The molecule has 13 heteroatoms. The van der Waals surface area contributed by atoms with Crippen molar-refractivity contribution in [1.82, 2.24) is 35.0 Å². The maximum Gasteiger partial charge on any atom is 0.273 e. The van der Waals surface area contributed by atoms with Crippen molar-refractivity contribution >= 4 is 45.9 Å². The fourth-order valence-corrected chi connectivity index (χ4v) is 4.60. The van der Waals surface area contributed by atoms with E-state index in [9.17, 15) is 14.4 Å². The lowest BCUT2D eigenvalue weighted by molar-refractivity contribution is -0.121. The molecule has 0 saturated carbocycles. The number of likely N-dealkylation sites (N-methyl/N-ethyl adjacent to an activating group) is 1. The molecule has 36 heavy (non-hydrogen) atoms. The molecule has 1 aromatic heterocycles. The molecule has 11 nitrogen and oxygen atoms in total. The van der Waals surface area contributed by atoms with Crippen LogP contribution in [-0.4, -0.2) is 117 Å². The quantitative estimate of drug-likeness (QED) is 0.238. The number of halogens is 1. The lowest BCUT2D eigenvalue weighted by atomic mass is 10.2. The lowest BCUT2D eigenvalue weighted by Crippen LogP contribution is -2.38. The smallest absolute Gasteiger partial charge is 0.273 e. The first-order valence-electron chi connectivity index (χ1n) is 12.1. The first-order chi connectivity index (χ1) is 17.1. The van der Waals surface area contributed by atoms with E-state index < -0.39 is 0 Å². The third-order valence-electron chi connectivity index (χ3n) is 5.45. The van der Waals surface area contributed by atoms with Crippen molar-refractivity contribution in [1.29, 1.82) is 0 Å². The van der Waals surface area contributed by atoms with Crippen LogP contribution in [0.1, 0.15) is 29.8 Å². The normalized spacial score (nSPS) is 15.3. The van der Waals surface area contributed by atoms with Crippen LogP contribution >= 0.6 is 23.1 Å². The Labute approximate surface area is 222 Å². The molecule has 3 amide bonds. The van der Waals surface area contributed by atoms with Gasteiger partial charge >= 0.3 is 0 Å². The maximum absolute atomic E-state index is 12.7. The van der Waals surface area contributed by atoms with Crippen molar-refractivity contribution < 1.29 is 14.4 Å². The van der Waals surface area contributed by atoms with Gasteiger partial charge in [-0.15, -0.1) is 0 Å². The van der Waals surface area contributed by atoms with Gasteiger partial charge in [-0.3, -0.25) is 14.4 Å². The summed E-state index contributed by atoms with van der Waals surface area (Å²) in [5.74, 6) is -0.773. The van der Waals surface area contributed by atoms with Gasteiger partial charge in [-0.1, -0.05) is 11.6 Å². The zero-order valence-corrected chi connectivity index (χ0v) is 23.4. The second-order valence-electron chi connectivity index (χ2n) is 9.28. The molecule has 0 aliphatic carbocycles. The van der Waals surface area contributed by atoms with E-state index >= 15 is 0 Å². The molecule has 0 bridgehead atoms. The molecule has 0 spiro atoms. The van der Waals surface area contributed by atoms with E-state index in [4.69, 9.17) is 11.6 Å². The average molecular weight is 543 g/mol. The number of rotatable bonds is 15. The number of hydrogen-bond donors (Lipinski definition) is 4. The van der Waals surface area contributed by atoms with Crippen molar-refractivity contribution in [2.75, 3.05) is 79.8 Å². The molecule has 1 atom stereocenters. The SMILES string of the molecule is CN(C)CCCNC(=O)CCNC(=O)C1=CC(NC(=O)c2nsc(NCCCN(C)C)c2Cl)CN1C.